The minimum Gasteiger partial charge on any atom is -0.384 e. The Morgan fingerprint density at radius 3 is 2.68 bits per heavy atom. The van der Waals surface area contributed by atoms with Gasteiger partial charge in [-0.25, -0.2) is 0 Å². The van der Waals surface area contributed by atoms with Crippen LogP contribution in [0, 0.1) is 11.8 Å². The van der Waals surface area contributed by atoms with Crippen LogP contribution in [0.25, 0.3) is 0 Å². The van der Waals surface area contributed by atoms with Crippen LogP contribution < -0.4 is 5.32 Å². The highest BCUT2D eigenvalue weighted by atomic mass is 16.5. The maximum Gasteiger partial charge on any atom is 0.0502 e. The van der Waals surface area contributed by atoms with Crippen LogP contribution in [0.1, 0.15) is 45.4 Å². The lowest BCUT2D eigenvalue weighted by atomic mass is 9.87. The fraction of sp³-hybridized carbons (Fsp3) is 1.00. The number of hydrogen-bond donors (Lipinski definition) is 1. The number of likely N-dealkylation sites (tertiary alicyclic amines) is 1. The van der Waals surface area contributed by atoms with Gasteiger partial charge in [0.05, 0.1) is 6.61 Å². The van der Waals surface area contributed by atoms with E-state index in [1.165, 1.54) is 64.7 Å². The van der Waals surface area contributed by atoms with Crippen molar-refractivity contribution in [2.75, 3.05) is 39.9 Å². The second-order valence-corrected chi connectivity index (χ2v) is 6.68. The molecule has 0 aromatic rings. The first-order chi connectivity index (χ1) is 9.28. The third kappa shape index (κ3) is 5.41. The van der Waals surface area contributed by atoms with Gasteiger partial charge in [0.25, 0.3) is 0 Å². The molecule has 2 fully saturated rings. The predicted molar refractivity (Wildman–Crippen MR) is 80.5 cm³/mol. The Bertz CT molecular complexity index is 237. The normalized spacial score (nSPS) is 33.5. The molecule has 1 unspecified atom stereocenters. The highest BCUT2D eigenvalue weighted by Gasteiger charge is 2.20. The smallest absolute Gasteiger partial charge is 0.0502 e. The zero-order chi connectivity index (χ0) is 13.5. The van der Waals surface area contributed by atoms with E-state index in [2.05, 4.69) is 17.1 Å². The number of ether oxygens (including phenoxy) is 1. The molecular formula is C16H32N2O. The lowest BCUT2D eigenvalue weighted by Gasteiger charge is -2.33. The number of nitrogens with zero attached hydrogens (tertiary/aromatic N) is 1. The third-order valence-corrected chi connectivity index (χ3v) is 4.88. The van der Waals surface area contributed by atoms with E-state index >= 15 is 0 Å². The van der Waals surface area contributed by atoms with Crippen LogP contribution in [0.2, 0.25) is 0 Å². The number of hydrogen-bond acceptors (Lipinski definition) is 3. The lowest BCUT2D eigenvalue weighted by molar-refractivity contribution is 0.0903. The summed E-state index contributed by atoms with van der Waals surface area (Å²) in [5.41, 5.74) is 0. The third-order valence-electron chi connectivity index (χ3n) is 4.88. The zero-order valence-corrected chi connectivity index (χ0v) is 12.9. The first kappa shape index (κ1) is 15.3. The molecular weight excluding hydrogens is 236 g/mol. The van der Waals surface area contributed by atoms with Crippen molar-refractivity contribution in [3.63, 3.8) is 0 Å². The van der Waals surface area contributed by atoms with Gasteiger partial charge in [0.1, 0.15) is 0 Å². The molecule has 112 valence electrons. The fourth-order valence-electron chi connectivity index (χ4n) is 3.62. The van der Waals surface area contributed by atoms with E-state index in [-0.39, 0.29) is 0 Å². The number of nitrogens with one attached hydrogen (secondary N) is 1. The van der Waals surface area contributed by atoms with Crippen molar-refractivity contribution in [3.05, 3.63) is 0 Å². The summed E-state index contributed by atoms with van der Waals surface area (Å²) < 4.78 is 5.30. The summed E-state index contributed by atoms with van der Waals surface area (Å²) in [6, 6.07) is 0.788. The molecule has 3 heteroatoms. The average molecular weight is 268 g/mol. The van der Waals surface area contributed by atoms with Crippen LogP contribution in [-0.2, 0) is 4.74 Å². The molecule has 3 nitrogen and oxygen atoms in total. The van der Waals surface area contributed by atoms with Crippen molar-refractivity contribution in [3.8, 4) is 0 Å². The molecule has 1 saturated heterocycles. The molecule has 1 N–H and O–H groups in total. The van der Waals surface area contributed by atoms with Crippen LogP contribution in [-0.4, -0.2) is 50.8 Å². The van der Waals surface area contributed by atoms with Gasteiger partial charge >= 0.3 is 0 Å². The molecule has 1 atom stereocenters. The molecule has 0 radical (unpaired) electrons. The molecule has 1 heterocycles. The minimum absolute atomic E-state index is 0.759. The molecule has 1 saturated carbocycles. The summed E-state index contributed by atoms with van der Waals surface area (Å²) in [5.74, 6) is 1.71. The summed E-state index contributed by atoms with van der Waals surface area (Å²) in [6.07, 6.45) is 8.28. The molecule has 2 rings (SSSR count). The second-order valence-electron chi connectivity index (χ2n) is 6.68. The predicted octanol–water partition coefficient (Wildman–Crippen LogP) is 2.51. The van der Waals surface area contributed by atoms with E-state index in [9.17, 15) is 0 Å². The van der Waals surface area contributed by atoms with Gasteiger partial charge in [-0.2, -0.15) is 0 Å². The van der Waals surface area contributed by atoms with E-state index in [0.29, 0.717) is 0 Å². The summed E-state index contributed by atoms with van der Waals surface area (Å²) in [7, 11) is 1.82. The van der Waals surface area contributed by atoms with Crippen molar-refractivity contribution in [1.29, 1.82) is 0 Å². The fourth-order valence-corrected chi connectivity index (χ4v) is 3.62. The van der Waals surface area contributed by atoms with Gasteiger partial charge in [0.2, 0.25) is 0 Å². The Morgan fingerprint density at radius 2 is 1.95 bits per heavy atom. The molecule has 1 aliphatic heterocycles. The lowest BCUT2D eigenvalue weighted by Crippen LogP contribution is -2.43. The maximum atomic E-state index is 5.30. The number of methoxy groups -OCH3 is 1. The molecule has 0 aromatic heterocycles. The Balaban J connectivity index is 1.57. The summed E-state index contributed by atoms with van der Waals surface area (Å²) in [4.78, 5) is 2.62. The number of rotatable bonds is 6. The molecule has 1 aliphatic carbocycles. The highest BCUT2D eigenvalue weighted by Crippen LogP contribution is 2.23. The van der Waals surface area contributed by atoms with Crippen molar-refractivity contribution in [2.24, 2.45) is 11.8 Å². The van der Waals surface area contributed by atoms with Crippen molar-refractivity contribution in [2.45, 2.75) is 51.5 Å². The zero-order valence-electron chi connectivity index (χ0n) is 12.9. The van der Waals surface area contributed by atoms with Gasteiger partial charge < -0.3 is 15.0 Å². The molecule has 19 heavy (non-hydrogen) atoms. The monoisotopic (exact) mass is 268 g/mol. The largest absolute Gasteiger partial charge is 0.384 e. The Kier molecular flexibility index (Phi) is 6.62. The Morgan fingerprint density at radius 1 is 1.16 bits per heavy atom. The highest BCUT2D eigenvalue weighted by molar-refractivity contribution is 4.77. The summed E-state index contributed by atoms with van der Waals surface area (Å²) in [6.45, 7) is 8.22. The van der Waals surface area contributed by atoms with Gasteiger partial charge in [-0.1, -0.05) is 6.92 Å². The van der Waals surface area contributed by atoms with Crippen LogP contribution in [0.3, 0.4) is 0 Å². The molecule has 0 aromatic carbocycles. The Hall–Kier alpha value is -0.120. The van der Waals surface area contributed by atoms with Crippen molar-refractivity contribution < 1.29 is 4.74 Å². The molecule has 2 aliphatic rings. The standard InChI is InChI=1S/C16H32N2O/c1-14-5-7-16(8-6-14)17-9-11-18-10-3-4-15(12-18)13-19-2/h14-17H,3-13H2,1-2H3. The van der Waals surface area contributed by atoms with Crippen molar-refractivity contribution in [1.82, 2.24) is 10.2 Å². The average Bonchev–Trinajstić information content (AvgIpc) is 2.42. The maximum absolute atomic E-state index is 5.30. The van der Waals surface area contributed by atoms with E-state index < -0.39 is 0 Å². The first-order valence-corrected chi connectivity index (χ1v) is 8.22. The van der Waals surface area contributed by atoms with Crippen LogP contribution in [0.4, 0.5) is 0 Å². The number of piperidine rings is 1. The van der Waals surface area contributed by atoms with Gasteiger partial charge in [-0.3, -0.25) is 0 Å². The first-order valence-electron chi connectivity index (χ1n) is 8.22. The quantitative estimate of drug-likeness (QED) is 0.801. The van der Waals surface area contributed by atoms with Crippen LogP contribution >= 0.6 is 0 Å². The molecule has 0 amide bonds. The van der Waals surface area contributed by atoms with Gasteiger partial charge in [0.15, 0.2) is 0 Å². The molecule has 0 spiro atoms. The minimum atomic E-state index is 0.759. The Labute approximate surface area is 119 Å². The summed E-state index contributed by atoms with van der Waals surface area (Å²) in [5, 5.41) is 3.76. The van der Waals surface area contributed by atoms with Gasteiger partial charge in [-0.05, 0) is 56.9 Å². The van der Waals surface area contributed by atoms with E-state index in [1.807, 2.05) is 7.11 Å². The summed E-state index contributed by atoms with van der Waals surface area (Å²) >= 11 is 0. The van der Waals surface area contributed by atoms with Crippen LogP contribution in [0.5, 0.6) is 0 Å². The van der Waals surface area contributed by atoms with E-state index in [1.54, 1.807) is 0 Å². The van der Waals surface area contributed by atoms with Gasteiger partial charge in [-0.15, -0.1) is 0 Å². The molecule has 0 bridgehead atoms. The van der Waals surface area contributed by atoms with Gasteiger partial charge in [0, 0.05) is 32.8 Å². The van der Waals surface area contributed by atoms with Crippen molar-refractivity contribution >= 4 is 0 Å². The van der Waals surface area contributed by atoms with E-state index in [0.717, 1.165) is 24.5 Å². The van der Waals surface area contributed by atoms with Crippen LogP contribution in [0.15, 0.2) is 0 Å². The second kappa shape index (κ2) is 8.23. The topological polar surface area (TPSA) is 24.5 Å². The van der Waals surface area contributed by atoms with E-state index in [4.69, 9.17) is 4.74 Å². The SMILES string of the molecule is COCC1CCCN(CCNC2CCC(C)CC2)C1.